The van der Waals surface area contributed by atoms with Gasteiger partial charge in [-0.3, -0.25) is 14.4 Å². The van der Waals surface area contributed by atoms with E-state index >= 15 is 0 Å². The van der Waals surface area contributed by atoms with Crippen LogP contribution in [0.3, 0.4) is 0 Å². The van der Waals surface area contributed by atoms with Crippen molar-refractivity contribution < 1.29 is 33.8 Å². The van der Waals surface area contributed by atoms with E-state index in [4.69, 9.17) is 21.3 Å². The Morgan fingerprint density at radius 3 is 2.03 bits per heavy atom. The number of ether oxygens (including phenoxy) is 1. The molecule has 2 fully saturated rings. The summed E-state index contributed by atoms with van der Waals surface area (Å²) in [4.78, 5) is 57.0. The first-order chi connectivity index (χ1) is 15.2. The molecule has 32 heavy (non-hydrogen) atoms. The summed E-state index contributed by atoms with van der Waals surface area (Å²) in [6.45, 7) is 0.00971. The van der Waals surface area contributed by atoms with Crippen LogP contribution in [-0.4, -0.2) is 45.8 Å². The number of carbonyl (C=O) groups is 5. The zero-order valence-corrected chi connectivity index (χ0v) is 17.4. The van der Waals surface area contributed by atoms with Gasteiger partial charge >= 0.3 is 12.1 Å². The van der Waals surface area contributed by atoms with Gasteiger partial charge in [-0.05, 0) is 43.1 Å². The average Bonchev–Trinajstić information content (AvgIpc) is 3.47. The zero-order chi connectivity index (χ0) is 23.4. The lowest BCUT2D eigenvalue weighted by Gasteiger charge is -2.18. The van der Waals surface area contributed by atoms with E-state index < -0.39 is 35.8 Å². The second-order valence-electron chi connectivity index (χ2n) is 7.96. The number of rotatable bonds is 5. The lowest BCUT2D eigenvalue weighted by molar-refractivity contribution is -0.145. The third-order valence-electron chi connectivity index (χ3n) is 5.97. The second kappa shape index (κ2) is 9.63. The SMILES string of the molecule is NC(=O)C1=C(C(N)=O)C2CCC1C2.O=C(O)[C@@H]1CCC(=O)N1C(=O)OCc1ccccc1. The molecule has 2 bridgehead atoms. The molecule has 5 N–H and O–H groups in total. The summed E-state index contributed by atoms with van der Waals surface area (Å²) in [5, 5.41) is 8.93. The predicted octanol–water partition coefficient (Wildman–Crippen LogP) is 1.08. The molecule has 4 rings (SSSR count). The molecule has 170 valence electrons. The van der Waals surface area contributed by atoms with Crippen LogP contribution in [0.25, 0.3) is 0 Å². The van der Waals surface area contributed by atoms with Crippen LogP contribution in [0.5, 0.6) is 0 Å². The molecule has 10 heteroatoms. The van der Waals surface area contributed by atoms with E-state index in [1.165, 1.54) is 0 Å². The number of fused-ring (bicyclic) bond motifs is 2. The average molecular weight is 443 g/mol. The molecular formula is C22H25N3O7. The Morgan fingerprint density at radius 2 is 1.53 bits per heavy atom. The number of benzene rings is 1. The number of imide groups is 1. The van der Waals surface area contributed by atoms with Gasteiger partial charge in [0.1, 0.15) is 12.6 Å². The van der Waals surface area contributed by atoms with Gasteiger partial charge in [0.25, 0.3) is 0 Å². The molecule has 3 aliphatic rings. The summed E-state index contributed by atoms with van der Waals surface area (Å²) in [6, 6.07) is 7.85. The number of nitrogens with zero attached hydrogens (tertiary/aromatic N) is 1. The van der Waals surface area contributed by atoms with Gasteiger partial charge in [0, 0.05) is 17.6 Å². The molecule has 0 spiro atoms. The molecule has 2 unspecified atom stereocenters. The third kappa shape index (κ3) is 4.79. The third-order valence-corrected chi connectivity index (χ3v) is 5.97. The van der Waals surface area contributed by atoms with Gasteiger partial charge in [-0.15, -0.1) is 0 Å². The summed E-state index contributed by atoms with van der Waals surface area (Å²) in [5.74, 6) is -2.25. The number of hydrogen-bond donors (Lipinski definition) is 3. The topological polar surface area (TPSA) is 170 Å². The van der Waals surface area contributed by atoms with E-state index in [2.05, 4.69) is 0 Å². The van der Waals surface area contributed by atoms with Gasteiger partial charge in [-0.2, -0.15) is 0 Å². The van der Waals surface area contributed by atoms with Gasteiger partial charge in [0.05, 0.1) is 0 Å². The predicted molar refractivity (Wildman–Crippen MR) is 110 cm³/mol. The molecule has 1 saturated carbocycles. The minimum atomic E-state index is -1.19. The van der Waals surface area contributed by atoms with Crippen LogP contribution in [0.15, 0.2) is 41.5 Å². The number of carboxylic acid groups (broad SMARTS) is 1. The van der Waals surface area contributed by atoms with Crippen LogP contribution in [0.4, 0.5) is 4.79 Å². The van der Waals surface area contributed by atoms with Crippen molar-refractivity contribution in [2.45, 2.75) is 44.8 Å². The van der Waals surface area contributed by atoms with Crippen molar-refractivity contribution >= 4 is 29.8 Å². The van der Waals surface area contributed by atoms with E-state index in [0.717, 1.165) is 24.8 Å². The fraction of sp³-hybridized carbons (Fsp3) is 0.409. The van der Waals surface area contributed by atoms with Crippen molar-refractivity contribution in [3.05, 3.63) is 47.0 Å². The van der Waals surface area contributed by atoms with E-state index in [1.54, 1.807) is 24.3 Å². The first kappa shape index (κ1) is 23.0. The first-order valence-electron chi connectivity index (χ1n) is 10.3. The number of carboxylic acids is 1. The van der Waals surface area contributed by atoms with Crippen molar-refractivity contribution in [3.8, 4) is 0 Å². The fourth-order valence-electron chi connectivity index (χ4n) is 4.55. The largest absolute Gasteiger partial charge is 0.480 e. The number of hydrogen-bond acceptors (Lipinski definition) is 6. The summed E-state index contributed by atoms with van der Waals surface area (Å²) >= 11 is 0. The molecule has 2 aliphatic carbocycles. The van der Waals surface area contributed by atoms with Gasteiger partial charge in [-0.1, -0.05) is 30.3 Å². The first-order valence-corrected chi connectivity index (χ1v) is 10.3. The smallest absolute Gasteiger partial charge is 0.417 e. The molecule has 1 aromatic carbocycles. The van der Waals surface area contributed by atoms with E-state index in [1.807, 2.05) is 6.07 Å². The number of likely N-dealkylation sites (tertiary alicyclic amines) is 1. The van der Waals surface area contributed by atoms with E-state index in [-0.39, 0.29) is 31.3 Å². The van der Waals surface area contributed by atoms with Crippen molar-refractivity contribution in [2.24, 2.45) is 23.3 Å². The Labute approximate surface area is 184 Å². The Hall–Kier alpha value is -3.69. The lowest BCUT2D eigenvalue weighted by atomic mass is 9.91. The Balaban J connectivity index is 0.000000193. The normalized spacial score (nSPS) is 23.6. The van der Waals surface area contributed by atoms with Crippen LogP contribution < -0.4 is 11.5 Å². The quantitative estimate of drug-likeness (QED) is 0.611. The number of aliphatic carboxylic acids is 1. The van der Waals surface area contributed by atoms with Crippen molar-refractivity contribution in [3.63, 3.8) is 0 Å². The maximum atomic E-state index is 11.8. The van der Waals surface area contributed by atoms with E-state index in [9.17, 15) is 24.0 Å². The Kier molecular flexibility index (Phi) is 6.92. The number of amides is 4. The summed E-state index contributed by atoms with van der Waals surface area (Å²) in [7, 11) is 0. The minimum absolute atomic E-state index is 0.00971. The number of nitrogens with two attached hydrogens (primary N) is 2. The van der Waals surface area contributed by atoms with Crippen molar-refractivity contribution in [1.82, 2.24) is 4.90 Å². The number of carbonyl (C=O) groups excluding carboxylic acids is 4. The van der Waals surface area contributed by atoms with Gasteiger partial charge < -0.3 is 21.3 Å². The van der Waals surface area contributed by atoms with Crippen molar-refractivity contribution in [2.75, 3.05) is 0 Å². The maximum absolute atomic E-state index is 11.8. The van der Waals surface area contributed by atoms with Crippen LogP contribution in [0, 0.1) is 11.8 Å². The van der Waals surface area contributed by atoms with Crippen LogP contribution in [0.2, 0.25) is 0 Å². The molecule has 0 aromatic heterocycles. The highest BCUT2D eigenvalue weighted by Gasteiger charge is 2.43. The molecule has 10 nitrogen and oxygen atoms in total. The van der Waals surface area contributed by atoms with Crippen molar-refractivity contribution in [1.29, 1.82) is 0 Å². The molecule has 1 saturated heterocycles. The van der Waals surface area contributed by atoms with Gasteiger partial charge in [0.2, 0.25) is 17.7 Å². The zero-order valence-electron chi connectivity index (χ0n) is 17.4. The number of primary amides is 2. The van der Waals surface area contributed by atoms with Crippen LogP contribution in [-0.2, 0) is 30.5 Å². The van der Waals surface area contributed by atoms with Crippen LogP contribution >= 0.6 is 0 Å². The molecular weight excluding hydrogens is 418 g/mol. The Bertz CT molecular complexity index is 943. The monoisotopic (exact) mass is 443 g/mol. The Morgan fingerprint density at radius 1 is 0.969 bits per heavy atom. The highest BCUT2D eigenvalue weighted by atomic mass is 16.6. The van der Waals surface area contributed by atoms with Gasteiger partial charge in [-0.25, -0.2) is 14.5 Å². The molecule has 1 aromatic rings. The maximum Gasteiger partial charge on any atom is 0.417 e. The van der Waals surface area contributed by atoms with Gasteiger partial charge in [0.15, 0.2) is 0 Å². The fourth-order valence-corrected chi connectivity index (χ4v) is 4.55. The molecule has 1 heterocycles. The standard InChI is InChI=1S/C13H13NO5.C9H12N2O2/c15-11-7-6-10(12(16)17)14(11)13(18)19-8-9-4-2-1-3-5-9;10-8(12)6-4-1-2-5(3-4)7(6)9(11)13/h1-5,10H,6-8H2,(H,16,17);4-5H,1-3H2,(H2,10,12)(H2,11,13)/t10-;/m0./s1. The van der Waals surface area contributed by atoms with E-state index in [0.29, 0.717) is 16.0 Å². The molecule has 3 atom stereocenters. The van der Waals surface area contributed by atoms with Crippen LogP contribution in [0.1, 0.15) is 37.7 Å². The second-order valence-corrected chi connectivity index (χ2v) is 7.96. The highest BCUT2D eigenvalue weighted by Crippen LogP contribution is 2.48. The molecule has 4 amide bonds. The highest BCUT2D eigenvalue weighted by molar-refractivity contribution is 6.05. The lowest BCUT2D eigenvalue weighted by Crippen LogP contribution is -2.43. The summed E-state index contributed by atoms with van der Waals surface area (Å²) in [6.07, 6.45) is 2.11. The summed E-state index contributed by atoms with van der Waals surface area (Å²) in [5.41, 5.74) is 12.2. The summed E-state index contributed by atoms with van der Waals surface area (Å²) < 4.78 is 4.97. The molecule has 1 aliphatic heterocycles. The molecule has 0 radical (unpaired) electrons. The minimum Gasteiger partial charge on any atom is -0.480 e.